The highest BCUT2D eigenvalue weighted by molar-refractivity contribution is 6.33. The summed E-state index contributed by atoms with van der Waals surface area (Å²) in [4.78, 5) is 12.4. The first-order valence-electron chi connectivity index (χ1n) is 7.73. The molecule has 0 fully saturated rings. The monoisotopic (exact) mass is 377 g/mol. The van der Waals surface area contributed by atoms with E-state index < -0.39 is 6.04 Å². The molecule has 1 amide bonds. The summed E-state index contributed by atoms with van der Waals surface area (Å²) >= 11 is 12.4. The highest BCUT2D eigenvalue weighted by atomic mass is 35.5. The van der Waals surface area contributed by atoms with Crippen molar-refractivity contribution in [3.05, 3.63) is 64.0 Å². The van der Waals surface area contributed by atoms with Crippen LogP contribution in [0.2, 0.25) is 10.0 Å². The Kier molecular flexibility index (Phi) is 5.11. The molecule has 0 saturated heterocycles. The Labute approximate surface area is 155 Å². The van der Waals surface area contributed by atoms with E-state index in [1.54, 1.807) is 28.7 Å². The lowest BCUT2D eigenvalue weighted by Crippen LogP contribution is -2.24. The van der Waals surface area contributed by atoms with Gasteiger partial charge < -0.3 is 5.32 Å². The summed E-state index contributed by atoms with van der Waals surface area (Å²) in [7, 11) is 0. The largest absolute Gasteiger partial charge is 0.306 e. The Bertz CT molecular complexity index is 902. The molecule has 25 heavy (non-hydrogen) atoms. The molecule has 0 aliphatic rings. The number of carbonyl (C=O) groups excluding carboxylic acids is 1. The molecule has 2 aromatic heterocycles. The lowest BCUT2D eigenvalue weighted by molar-refractivity contribution is -0.119. The minimum absolute atomic E-state index is 0.243. The molecule has 3 aromatic rings. The number of hydrogen-bond donors (Lipinski definition) is 1. The van der Waals surface area contributed by atoms with Gasteiger partial charge in [-0.25, -0.2) is 0 Å². The minimum atomic E-state index is -0.474. The number of aromatic nitrogens is 4. The Hall–Kier alpha value is -2.31. The van der Waals surface area contributed by atoms with E-state index in [1.807, 2.05) is 37.3 Å². The number of rotatable bonds is 5. The third-order valence-corrected chi connectivity index (χ3v) is 4.41. The van der Waals surface area contributed by atoms with Gasteiger partial charge in [-0.15, -0.1) is 0 Å². The van der Waals surface area contributed by atoms with E-state index in [2.05, 4.69) is 15.5 Å². The van der Waals surface area contributed by atoms with Crippen LogP contribution in [0.1, 0.15) is 24.2 Å². The van der Waals surface area contributed by atoms with E-state index in [9.17, 15) is 4.79 Å². The maximum atomic E-state index is 12.4. The number of nitrogens with zero attached hydrogens (tertiary/aromatic N) is 4. The zero-order valence-corrected chi connectivity index (χ0v) is 15.3. The summed E-state index contributed by atoms with van der Waals surface area (Å²) in [5.74, 6) is 0.0717. The van der Waals surface area contributed by atoms with Crippen LogP contribution in [0, 0.1) is 6.92 Å². The second-order valence-corrected chi connectivity index (χ2v) is 6.53. The number of halogens is 2. The Morgan fingerprint density at radius 1 is 1.20 bits per heavy atom. The molecule has 0 spiro atoms. The predicted octanol–water partition coefficient (Wildman–Crippen LogP) is 3.94. The number of benzene rings is 1. The van der Waals surface area contributed by atoms with E-state index in [-0.39, 0.29) is 5.91 Å². The van der Waals surface area contributed by atoms with Crippen LogP contribution in [0.5, 0.6) is 0 Å². The van der Waals surface area contributed by atoms with Gasteiger partial charge in [-0.3, -0.25) is 14.2 Å². The molecule has 3 rings (SSSR count). The fourth-order valence-electron chi connectivity index (χ4n) is 2.35. The molecule has 0 aliphatic carbocycles. The maximum Gasteiger partial charge on any atom is 0.250 e. The van der Waals surface area contributed by atoms with Gasteiger partial charge in [-0.1, -0.05) is 41.4 Å². The zero-order chi connectivity index (χ0) is 18.0. The highest BCUT2D eigenvalue weighted by Crippen LogP contribution is 2.23. The summed E-state index contributed by atoms with van der Waals surface area (Å²) in [5, 5.41) is 12.3. The van der Waals surface area contributed by atoms with Gasteiger partial charge >= 0.3 is 0 Å². The second kappa shape index (κ2) is 7.29. The van der Waals surface area contributed by atoms with E-state index in [1.165, 1.54) is 0 Å². The van der Waals surface area contributed by atoms with Crippen LogP contribution in [-0.2, 0) is 11.3 Å². The fourth-order valence-corrected chi connectivity index (χ4v) is 2.75. The molecule has 1 N–H and O–H groups in total. The summed E-state index contributed by atoms with van der Waals surface area (Å²) in [6.07, 6.45) is 3.42. The van der Waals surface area contributed by atoms with Crippen molar-refractivity contribution in [2.24, 2.45) is 0 Å². The first kappa shape index (κ1) is 17.5. The Balaban J connectivity index is 1.72. The molecule has 0 saturated carbocycles. The summed E-state index contributed by atoms with van der Waals surface area (Å²) in [5.41, 5.74) is 1.77. The molecule has 1 atom stereocenters. The molecule has 2 heterocycles. The van der Waals surface area contributed by atoms with Crippen molar-refractivity contribution >= 4 is 34.9 Å². The highest BCUT2D eigenvalue weighted by Gasteiger charge is 2.18. The van der Waals surface area contributed by atoms with Gasteiger partial charge in [0, 0.05) is 17.4 Å². The van der Waals surface area contributed by atoms with Gasteiger partial charge in [-0.05, 0) is 31.5 Å². The van der Waals surface area contributed by atoms with Crippen molar-refractivity contribution < 1.29 is 4.79 Å². The lowest BCUT2D eigenvalue weighted by atomic mass is 10.2. The van der Waals surface area contributed by atoms with E-state index in [4.69, 9.17) is 23.2 Å². The first-order chi connectivity index (χ1) is 11.9. The molecule has 130 valence electrons. The topological polar surface area (TPSA) is 64.7 Å². The number of amides is 1. The molecule has 1 unspecified atom stereocenters. The SMILES string of the molecule is Cc1ccn(C(C)C(=O)Nc2nn(Cc3ccccc3Cl)cc2Cl)n1. The molecule has 0 radical (unpaired) electrons. The van der Waals surface area contributed by atoms with E-state index in [0.717, 1.165) is 11.3 Å². The van der Waals surface area contributed by atoms with Crippen molar-refractivity contribution in [3.63, 3.8) is 0 Å². The van der Waals surface area contributed by atoms with Crippen LogP contribution in [0.4, 0.5) is 5.82 Å². The van der Waals surface area contributed by atoms with Crippen LogP contribution >= 0.6 is 23.2 Å². The Morgan fingerprint density at radius 3 is 2.64 bits per heavy atom. The van der Waals surface area contributed by atoms with Crippen molar-refractivity contribution in [2.45, 2.75) is 26.4 Å². The van der Waals surface area contributed by atoms with Crippen LogP contribution in [0.25, 0.3) is 0 Å². The van der Waals surface area contributed by atoms with Crippen LogP contribution < -0.4 is 5.32 Å². The van der Waals surface area contributed by atoms with Gasteiger partial charge in [0.2, 0.25) is 5.91 Å². The number of aryl methyl sites for hydroxylation is 1. The standard InChI is InChI=1S/C17H17Cl2N5O/c1-11-7-8-24(21-11)12(2)17(25)20-16-15(19)10-23(22-16)9-13-5-3-4-6-14(13)18/h3-8,10,12H,9H2,1-2H3,(H,20,22,25). The molecule has 0 bridgehead atoms. The maximum absolute atomic E-state index is 12.4. The van der Waals surface area contributed by atoms with Crippen molar-refractivity contribution in [3.8, 4) is 0 Å². The van der Waals surface area contributed by atoms with Crippen molar-refractivity contribution in [2.75, 3.05) is 5.32 Å². The number of carbonyl (C=O) groups is 1. The van der Waals surface area contributed by atoms with Crippen LogP contribution in [0.15, 0.2) is 42.7 Å². The third kappa shape index (κ3) is 4.03. The lowest BCUT2D eigenvalue weighted by Gasteiger charge is -2.11. The minimum Gasteiger partial charge on any atom is -0.306 e. The van der Waals surface area contributed by atoms with Gasteiger partial charge in [0.05, 0.1) is 12.2 Å². The smallest absolute Gasteiger partial charge is 0.250 e. The van der Waals surface area contributed by atoms with Gasteiger partial charge in [0.25, 0.3) is 0 Å². The van der Waals surface area contributed by atoms with Crippen molar-refractivity contribution in [1.29, 1.82) is 0 Å². The van der Waals surface area contributed by atoms with Gasteiger partial charge in [-0.2, -0.15) is 10.2 Å². The second-order valence-electron chi connectivity index (χ2n) is 5.72. The average Bonchev–Trinajstić information content (AvgIpc) is 3.15. The first-order valence-corrected chi connectivity index (χ1v) is 8.48. The predicted molar refractivity (Wildman–Crippen MR) is 98.1 cm³/mol. The van der Waals surface area contributed by atoms with Crippen molar-refractivity contribution in [1.82, 2.24) is 19.6 Å². The number of nitrogens with one attached hydrogen (secondary N) is 1. The summed E-state index contributed by atoms with van der Waals surface area (Å²) in [6, 6.07) is 8.87. The molecule has 1 aromatic carbocycles. The average molecular weight is 378 g/mol. The molecule has 6 nitrogen and oxygen atoms in total. The number of hydrogen-bond acceptors (Lipinski definition) is 3. The normalized spacial score (nSPS) is 12.2. The number of anilines is 1. The fraction of sp³-hybridized carbons (Fsp3) is 0.235. The van der Waals surface area contributed by atoms with E-state index in [0.29, 0.717) is 22.4 Å². The molecular weight excluding hydrogens is 361 g/mol. The zero-order valence-electron chi connectivity index (χ0n) is 13.8. The third-order valence-electron chi connectivity index (χ3n) is 3.77. The molecular formula is C17H17Cl2N5O. The van der Waals surface area contributed by atoms with Gasteiger partial charge in [0.15, 0.2) is 5.82 Å². The summed E-state index contributed by atoms with van der Waals surface area (Å²) < 4.78 is 3.24. The quantitative estimate of drug-likeness (QED) is 0.731. The Morgan fingerprint density at radius 2 is 1.96 bits per heavy atom. The van der Waals surface area contributed by atoms with E-state index >= 15 is 0 Å². The van der Waals surface area contributed by atoms with Crippen LogP contribution in [0.3, 0.4) is 0 Å². The van der Waals surface area contributed by atoms with Crippen LogP contribution in [-0.4, -0.2) is 25.5 Å². The summed E-state index contributed by atoms with van der Waals surface area (Å²) in [6.45, 7) is 4.09. The molecule has 0 aliphatic heterocycles. The molecule has 8 heteroatoms. The van der Waals surface area contributed by atoms with Gasteiger partial charge in [0.1, 0.15) is 11.1 Å².